The highest BCUT2D eigenvalue weighted by atomic mass is 32.1. The van der Waals surface area contributed by atoms with Crippen LogP contribution >= 0.6 is 11.3 Å². The molecule has 2 fully saturated rings. The topological polar surface area (TPSA) is 59.6 Å². The molecule has 0 aliphatic carbocycles. The van der Waals surface area contributed by atoms with Crippen LogP contribution in [-0.2, 0) is 15.9 Å². The van der Waals surface area contributed by atoms with Crippen LogP contribution in [0.1, 0.15) is 35.8 Å². The monoisotopic (exact) mass is 308 g/mol. The molecule has 114 valence electrons. The zero-order chi connectivity index (χ0) is 14.2. The summed E-state index contributed by atoms with van der Waals surface area (Å²) in [5.41, 5.74) is 1.23. The van der Waals surface area contributed by atoms with Crippen molar-refractivity contribution in [2.45, 2.75) is 50.0 Å². The van der Waals surface area contributed by atoms with E-state index in [0.717, 1.165) is 32.3 Å². The van der Waals surface area contributed by atoms with Gasteiger partial charge in [-0.25, -0.2) is 4.79 Å². The zero-order valence-electron chi connectivity index (χ0n) is 11.8. The molecular weight excluding hydrogens is 288 g/mol. The van der Waals surface area contributed by atoms with Crippen LogP contribution in [-0.4, -0.2) is 37.4 Å². The molecule has 0 saturated carbocycles. The number of hydrogen-bond acceptors (Lipinski definition) is 4. The summed E-state index contributed by atoms with van der Waals surface area (Å²) < 4.78 is 11.5. The molecule has 4 atom stereocenters. The molecule has 1 aromatic heterocycles. The summed E-state index contributed by atoms with van der Waals surface area (Å²) >= 11 is 1.77. The zero-order valence-corrected chi connectivity index (χ0v) is 12.7. The van der Waals surface area contributed by atoms with Crippen molar-refractivity contribution in [3.63, 3.8) is 0 Å². The van der Waals surface area contributed by atoms with Crippen molar-refractivity contribution >= 4 is 17.4 Å². The van der Waals surface area contributed by atoms with E-state index in [0.29, 0.717) is 12.6 Å². The first-order chi connectivity index (χ1) is 10.3. The number of hydrogen-bond donors (Lipinski definition) is 2. The first-order valence-corrected chi connectivity index (χ1v) is 8.55. The molecule has 4 unspecified atom stereocenters. The van der Waals surface area contributed by atoms with Crippen LogP contribution in [0.25, 0.3) is 0 Å². The smallest absolute Gasteiger partial charge is 0.315 e. The predicted molar refractivity (Wildman–Crippen MR) is 79.6 cm³/mol. The maximum Gasteiger partial charge on any atom is 0.315 e. The van der Waals surface area contributed by atoms with E-state index in [1.807, 2.05) is 0 Å². The van der Waals surface area contributed by atoms with E-state index in [-0.39, 0.29) is 24.3 Å². The second kappa shape index (κ2) is 5.59. The summed E-state index contributed by atoms with van der Waals surface area (Å²) in [4.78, 5) is 13.4. The third kappa shape index (κ3) is 2.67. The van der Waals surface area contributed by atoms with Gasteiger partial charge in [-0.3, -0.25) is 0 Å². The van der Waals surface area contributed by atoms with Gasteiger partial charge in [-0.1, -0.05) is 0 Å². The number of ether oxygens (including phenoxy) is 2. The van der Waals surface area contributed by atoms with Gasteiger partial charge in [0.1, 0.15) is 6.10 Å². The molecule has 0 aromatic carbocycles. The molecule has 4 heterocycles. The van der Waals surface area contributed by atoms with Gasteiger partial charge in [-0.15, -0.1) is 11.3 Å². The van der Waals surface area contributed by atoms with E-state index in [1.54, 1.807) is 11.3 Å². The first-order valence-electron chi connectivity index (χ1n) is 7.67. The molecule has 21 heavy (non-hydrogen) atoms. The molecule has 0 radical (unpaired) electrons. The summed E-state index contributed by atoms with van der Waals surface area (Å²) in [6.07, 6.45) is 4.71. The largest absolute Gasteiger partial charge is 0.373 e. The molecule has 2 N–H and O–H groups in total. The van der Waals surface area contributed by atoms with Crippen LogP contribution in [0.2, 0.25) is 0 Å². The second-order valence-corrected chi connectivity index (χ2v) is 6.98. The van der Waals surface area contributed by atoms with E-state index in [2.05, 4.69) is 22.1 Å². The Morgan fingerprint density at radius 3 is 3.19 bits per heavy atom. The van der Waals surface area contributed by atoms with Gasteiger partial charge >= 0.3 is 6.03 Å². The van der Waals surface area contributed by atoms with Crippen LogP contribution in [0.5, 0.6) is 0 Å². The van der Waals surface area contributed by atoms with Crippen LogP contribution in [0.4, 0.5) is 4.79 Å². The minimum atomic E-state index is -0.109. The minimum Gasteiger partial charge on any atom is -0.373 e. The second-order valence-electron chi connectivity index (χ2n) is 5.98. The number of fused-ring (bicyclic) bond motifs is 3. The van der Waals surface area contributed by atoms with Gasteiger partial charge < -0.3 is 20.1 Å². The Morgan fingerprint density at radius 2 is 2.38 bits per heavy atom. The quantitative estimate of drug-likeness (QED) is 0.897. The number of amides is 2. The van der Waals surface area contributed by atoms with Gasteiger partial charge in [0.2, 0.25) is 0 Å². The molecule has 1 aromatic rings. The first kappa shape index (κ1) is 13.5. The average Bonchev–Trinajstić information content (AvgIpc) is 3.20. The highest BCUT2D eigenvalue weighted by molar-refractivity contribution is 7.10. The Labute approximate surface area is 128 Å². The molecular formula is C15H20N2O3S. The summed E-state index contributed by atoms with van der Waals surface area (Å²) in [5.74, 6) is 0. The highest BCUT2D eigenvalue weighted by Crippen LogP contribution is 2.34. The summed E-state index contributed by atoms with van der Waals surface area (Å²) in [6, 6.07) is 2.17. The number of carbonyl (C=O) groups excluding carboxylic acids is 1. The molecule has 3 aliphatic rings. The fourth-order valence-corrected chi connectivity index (χ4v) is 4.50. The summed E-state index contributed by atoms with van der Waals surface area (Å²) in [7, 11) is 0. The van der Waals surface area contributed by atoms with E-state index in [4.69, 9.17) is 9.47 Å². The van der Waals surface area contributed by atoms with Crippen molar-refractivity contribution in [2.75, 3.05) is 13.2 Å². The van der Waals surface area contributed by atoms with E-state index >= 15 is 0 Å². The van der Waals surface area contributed by atoms with Gasteiger partial charge in [-0.05, 0) is 36.3 Å². The molecule has 2 bridgehead atoms. The predicted octanol–water partition coefficient (Wildman–Crippen LogP) is 1.98. The number of urea groups is 1. The van der Waals surface area contributed by atoms with Crippen molar-refractivity contribution in [3.8, 4) is 0 Å². The summed E-state index contributed by atoms with van der Waals surface area (Å²) in [5, 5.41) is 8.08. The lowest BCUT2D eigenvalue weighted by Gasteiger charge is -2.25. The van der Waals surface area contributed by atoms with Gasteiger partial charge in [0.05, 0.1) is 24.9 Å². The number of thiophene rings is 1. The van der Waals surface area contributed by atoms with Crippen molar-refractivity contribution in [1.29, 1.82) is 0 Å². The van der Waals surface area contributed by atoms with Crippen molar-refractivity contribution in [2.24, 2.45) is 0 Å². The molecule has 2 saturated heterocycles. The lowest BCUT2D eigenvalue weighted by atomic mass is 9.96. The molecule has 0 spiro atoms. The molecule has 5 nitrogen and oxygen atoms in total. The maximum absolute atomic E-state index is 12.0. The Hall–Kier alpha value is -1.11. The third-order valence-electron chi connectivity index (χ3n) is 4.65. The van der Waals surface area contributed by atoms with E-state index < -0.39 is 0 Å². The Balaban J connectivity index is 1.29. The van der Waals surface area contributed by atoms with E-state index in [9.17, 15) is 4.79 Å². The summed E-state index contributed by atoms with van der Waals surface area (Å²) in [6.45, 7) is 1.26. The van der Waals surface area contributed by atoms with Crippen molar-refractivity contribution < 1.29 is 14.3 Å². The fraction of sp³-hybridized carbons (Fsp3) is 0.667. The van der Waals surface area contributed by atoms with Gasteiger partial charge in [-0.2, -0.15) is 0 Å². The Bertz CT molecular complexity index is 533. The average molecular weight is 308 g/mol. The van der Waals surface area contributed by atoms with Crippen LogP contribution in [0.15, 0.2) is 11.4 Å². The highest BCUT2D eigenvalue weighted by Gasteiger charge is 2.41. The van der Waals surface area contributed by atoms with Gasteiger partial charge in [0.15, 0.2) is 0 Å². The fourth-order valence-electron chi connectivity index (χ4n) is 3.59. The minimum absolute atomic E-state index is 0.0120. The normalized spacial score (nSPS) is 33.7. The maximum atomic E-state index is 12.0. The van der Waals surface area contributed by atoms with Crippen LogP contribution < -0.4 is 10.6 Å². The van der Waals surface area contributed by atoms with Gasteiger partial charge in [0.25, 0.3) is 0 Å². The van der Waals surface area contributed by atoms with Crippen LogP contribution in [0.3, 0.4) is 0 Å². The number of nitrogens with one attached hydrogen (secondary N) is 2. The SMILES string of the molecule is O=C(NCC1OCCc2sccc21)NC1CC2CCC1O2. The lowest BCUT2D eigenvalue weighted by Crippen LogP contribution is -2.47. The molecule has 4 rings (SSSR count). The number of carbonyl (C=O) groups is 1. The van der Waals surface area contributed by atoms with E-state index in [1.165, 1.54) is 10.4 Å². The lowest BCUT2D eigenvalue weighted by molar-refractivity contribution is 0.0452. The molecule has 6 heteroatoms. The standard InChI is InChI=1S/C15H20N2O3S/c18-15(17-11-7-9-1-2-12(11)20-9)16-8-13-10-4-6-21-14(10)3-5-19-13/h4,6,9,11-13H,1-3,5,7-8H2,(H2,16,17,18). The third-order valence-corrected chi connectivity index (χ3v) is 5.64. The van der Waals surface area contributed by atoms with Gasteiger partial charge in [0, 0.05) is 17.8 Å². The number of rotatable bonds is 3. The molecule has 2 amide bonds. The van der Waals surface area contributed by atoms with Crippen molar-refractivity contribution in [1.82, 2.24) is 10.6 Å². The Kier molecular flexibility index (Phi) is 3.61. The molecule has 3 aliphatic heterocycles. The van der Waals surface area contributed by atoms with Crippen molar-refractivity contribution in [3.05, 3.63) is 21.9 Å². The van der Waals surface area contributed by atoms with Crippen LogP contribution in [0, 0.1) is 0 Å². The Morgan fingerprint density at radius 1 is 1.43 bits per heavy atom.